The molecule has 0 aliphatic heterocycles. The first-order chi connectivity index (χ1) is 9.97. The van der Waals surface area contributed by atoms with E-state index in [1.54, 1.807) is 11.9 Å². The van der Waals surface area contributed by atoms with Gasteiger partial charge < -0.3 is 20.2 Å². The molecule has 116 valence electrons. The van der Waals surface area contributed by atoms with E-state index in [1.165, 1.54) is 0 Å². The van der Waals surface area contributed by atoms with Crippen LogP contribution in [0.4, 0.5) is 16.2 Å². The van der Waals surface area contributed by atoms with Crippen molar-refractivity contribution in [3.05, 3.63) is 24.3 Å². The number of urea groups is 1. The van der Waals surface area contributed by atoms with Crippen molar-refractivity contribution in [1.29, 1.82) is 0 Å². The van der Waals surface area contributed by atoms with E-state index in [0.29, 0.717) is 6.54 Å². The van der Waals surface area contributed by atoms with Crippen LogP contribution >= 0.6 is 0 Å². The Bertz CT molecular complexity index is 473. The van der Waals surface area contributed by atoms with Crippen molar-refractivity contribution in [3.8, 4) is 0 Å². The molecule has 0 bridgehead atoms. The van der Waals surface area contributed by atoms with Crippen LogP contribution in [0.3, 0.4) is 0 Å². The fourth-order valence-corrected chi connectivity index (χ4v) is 2.73. The molecular weight excluding hydrogens is 266 g/mol. The molecule has 0 spiro atoms. The maximum atomic E-state index is 12.1. The summed E-state index contributed by atoms with van der Waals surface area (Å²) in [6.07, 6.45) is 2.63. The molecular formula is C16H25N3O2. The summed E-state index contributed by atoms with van der Waals surface area (Å²) < 4.78 is 0. The molecule has 2 rings (SSSR count). The van der Waals surface area contributed by atoms with Crippen LogP contribution in [0, 0.1) is 5.92 Å². The van der Waals surface area contributed by atoms with E-state index in [2.05, 4.69) is 5.32 Å². The third-order valence-electron chi connectivity index (χ3n) is 4.11. The summed E-state index contributed by atoms with van der Waals surface area (Å²) >= 11 is 0. The van der Waals surface area contributed by atoms with Gasteiger partial charge in [0.15, 0.2) is 0 Å². The van der Waals surface area contributed by atoms with Crippen LogP contribution in [-0.4, -0.2) is 49.8 Å². The van der Waals surface area contributed by atoms with E-state index in [4.69, 9.17) is 0 Å². The van der Waals surface area contributed by atoms with Crippen LogP contribution in [0.15, 0.2) is 24.3 Å². The molecule has 2 N–H and O–H groups in total. The highest BCUT2D eigenvalue weighted by atomic mass is 16.3. The summed E-state index contributed by atoms with van der Waals surface area (Å²) in [5.74, 6) is 0.205. The second-order valence-electron chi connectivity index (χ2n) is 6.01. The first-order valence-corrected chi connectivity index (χ1v) is 7.45. The maximum absolute atomic E-state index is 12.1. The van der Waals surface area contributed by atoms with Crippen molar-refractivity contribution in [2.45, 2.75) is 25.4 Å². The topological polar surface area (TPSA) is 55.8 Å². The zero-order valence-electron chi connectivity index (χ0n) is 13.0. The average Bonchev–Trinajstić information content (AvgIpc) is 2.84. The third-order valence-corrected chi connectivity index (χ3v) is 4.11. The highest BCUT2D eigenvalue weighted by molar-refractivity contribution is 5.89. The van der Waals surface area contributed by atoms with E-state index < -0.39 is 0 Å². The van der Waals surface area contributed by atoms with E-state index in [1.807, 2.05) is 43.3 Å². The standard InChI is InChI=1S/C16H25N3O2/c1-18(2)14-9-7-13(8-10-14)17-16(21)19(3)11-12-5-4-6-15(12)20/h7-10,12,15,20H,4-6,11H2,1-3H3,(H,17,21). The molecule has 1 saturated carbocycles. The van der Waals surface area contributed by atoms with Gasteiger partial charge >= 0.3 is 6.03 Å². The monoisotopic (exact) mass is 291 g/mol. The lowest BCUT2D eigenvalue weighted by atomic mass is 10.1. The smallest absolute Gasteiger partial charge is 0.321 e. The van der Waals surface area contributed by atoms with Crippen molar-refractivity contribution in [1.82, 2.24) is 4.90 Å². The van der Waals surface area contributed by atoms with Gasteiger partial charge in [-0.2, -0.15) is 0 Å². The van der Waals surface area contributed by atoms with E-state index >= 15 is 0 Å². The number of aliphatic hydroxyl groups excluding tert-OH is 1. The van der Waals surface area contributed by atoms with Crippen LogP contribution in [0.25, 0.3) is 0 Å². The number of hydrogen-bond acceptors (Lipinski definition) is 3. The molecule has 1 aromatic carbocycles. The molecule has 1 aliphatic carbocycles. The molecule has 5 heteroatoms. The molecule has 0 saturated heterocycles. The van der Waals surface area contributed by atoms with Crippen LogP contribution in [-0.2, 0) is 0 Å². The minimum absolute atomic E-state index is 0.133. The predicted octanol–water partition coefficient (Wildman–Crippen LogP) is 2.38. The van der Waals surface area contributed by atoms with Gasteiger partial charge in [-0.05, 0) is 37.1 Å². The second kappa shape index (κ2) is 6.80. The molecule has 1 aromatic rings. The van der Waals surface area contributed by atoms with E-state index in [0.717, 1.165) is 30.6 Å². The Hall–Kier alpha value is -1.75. The maximum Gasteiger partial charge on any atom is 0.321 e. The van der Waals surface area contributed by atoms with Crippen molar-refractivity contribution in [3.63, 3.8) is 0 Å². The molecule has 1 fully saturated rings. The minimum atomic E-state index is -0.264. The zero-order chi connectivity index (χ0) is 15.4. The Morgan fingerprint density at radius 1 is 1.24 bits per heavy atom. The van der Waals surface area contributed by atoms with Crippen LogP contribution in [0.2, 0.25) is 0 Å². The molecule has 5 nitrogen and oxygen atoms in total. The Morgan fingerprint density at radius 2 is 1.90 bits per heavy atom. The lowest BCUT2D eigenvalue weighted by molar-refractivity contribution is 0.116. The van der Waals surface area contributed by atoms with Crippen molar-refractivity contribution in [2.75, 3.05) is 37.9 Å². The molecule has 2 unspecified atom stereocenters. The summed E-state index contributed by atoms with van der Waals surface area (Å²) in [7, 11) is 5.73. The number of anilines is 2. The summed E-state index contributed by atoms with van der Waals surface area (Å²) in [6, 6.07) is 7.59. The molecule has 2 atom stereocenters. The Balaban J connectivity index is 1.88. The van der Waals surface area contributed by atoms with Gasteiger partial charge in [0.1, 0.15) is 0 Å². The highest BCUT2D eigenvalue weighted by Gasteiger charge is 2.27. The number of aliphatic hydroxyl groups is 1. The van der Waals surface area contributed by atoms with Crippen molar-refractivity contribution < 1.29 is 9.90 Å². The number of hydrogen-bond donors (Lipinski definition) is 2. The first-order valence-electron chi connectivity index (χ1n) is 7.45. The van der Waals surface area contributed by atoms with Gasteiger partial charge in [0.25, 0.3) is 0 Å². The van der Waals surface area contributed by atoms with Gasteiger partial charge in [0, 0.05) is 45.0 Å². The summed E-state index contributed by atoms with van der Waals surface area (Å²) in [6.45, 7) is 0.600. The average molecular weight is 291 g/mol. The number of benzene rings is 1. The van der Waals surface area contributed by atoms with Crippen LogP contribution < -0.4 is 10.2 Å². The number of amides is 2. The van der Waals surface area contributed by atoms with Crippen LogP contribution in [0.1, 0.15) is 19.3 Å². The van der Waals surface area contributed by atoms with Gasteiger partial charge in [-0.25, -0.2) is 4.79 Å². The molecule has 0 radical (unpaired) electrons. The first kappa shape index (κ1) is 15.6. The van der Waals surface area contributed by atoms with Gasteiger partial charge in [-0.15, -0.1) is 0 Å². The molecule has 0 aromatic heterocycles. The molecule has 21 heavy (non-hydrogen) atoms. The van der Waals surface area contributed by atoms with E-state index in [-0.39, 0.29) is 18.1 Å². The number of carbonyl (C=O) groups is 1. The molecule has 1 aliphatic rings. The molecule has 0 heterocycles. The predicted molar refractivity (Wildman–Crippen MR) is 85.8 cm³/mol. The third kappa shape index (κ3) is 4.11. The highest BCUT2D eigenvalue weighted by Crippen LogP contribution is 2.26. The van der Waals surface area contributed by atoms with Gasteiger partial charge in [0.05, 0.1) is 6.10 Å². The fraction of sp³-hybridized carbons (Fsp3) is 0.562. The number of carbonyl (C=O) groups excluding carboxylic acids is 1. The van der Waals surface area contributed by atoms with Gasteiger partial charge in [0.2, 0.25) is 0 Å². The van der Waals surface area contributed by atoms with Gasteiger partial charge in [-0.1, -0.05) is 6.42 Å². The van der Waals surface area contributed by atoms with Crippen molar-refractivity contribution in [2.24, 2.45) is 5.92 Å². The lowest BCUT2D eigenvalue weighted by Crippen LogP contribution is -2.37. The summed E-state index contributed by atoms with van der Waals surface area (Å²) in [4.78, 5) is 15.8. The van der Waals surface area contributed by atoms with Crippen LogP contribution in [0.5, 0.6) is 0 Å². The van der Waals surface area contributed by atoms with Gasteiger partial charge in [-0.3, -0.25) is 0 Å². The fourth-order valence-electron chi connectivity index (χ4n) is 2.73. The number of nitrogens with zero attached hydrogens (tertiary/aromatic N) is 2. The number of nitrogens with one attached hydrogen (secondary N) is 1. The Morgan fingerprint density at radius 3 is 2.43 bits per heavy atom. The Kier molecular flexibility index (Phi) is 5.07. The summed E-state index contributed by atoms with van der Waals surface area (Å²) in [5.41, 5.74) is 1.87. The quantitative estimate of drug-likeness (QED) is 0.895. The molecule has 2 amide bonds. The lowest BCUT2D eigenvalue weighted by Gasteiger charge is -2.23. The van der Waals surface area contributed by atoms with Crippen molar-refractivity contribution >= 4 is 17.4 Å². The second-order valence-corrected chi connectivity index (χ2v) is 6.01. The largest absolute Gasteiger partial charge is 0.393 e. The van der Waals surface area contributed by atoms with E-state index in [9.17, 15) is 9.90 Å². The minimum Gasteiger partial charge on any atom is -0.393 e. The summed E-state index contributed by atoms with van der Waals surface area (Å²) in [5, 5.41) is 12.7. The number of rotatable bonds is 4. The Labute approximate surface area is 126 Å². The SMILES string of the molecule is CN(CC1CCCC1O)C(=O)Nc1ccc(N(C)C)cc1. The normalized spacial score (nSPS) is 21.1. The zero-order valence-corrected chi connectivity index (χ0v) is 13.0.